The number of hydrogen-bond acceptors (Lipinski definition) is 4. The van der Waals surface area contributed by atoms with Crippen molar-refractivity contribution in [2.24, 2.45) is 5.10 Å². The summed E-state index contributed by atoms with van der Waals surface area (Å²) in [6.45, 7) is 0. The fourth-order valence-electron chi connectivity index (χ4n) is 1.72. The fraction of sp³-hybridized carbons (Fsp3) is 0.0714. The molecule has 2 aromatic rings. The standard InChI is InChI=1S/C14H10F3N3O2/c15-14(16,17)12-6-1-2-7-13(12)19-18-9-10-4-3-5-11(8-10)20(21)22/h1-9,19H. The topological polar surface area (TPSA) is 67.5 Å². The van der Waals surface area contributed by atoms with Crippen LogP contribution < -0.4 is 5.43 Å². The molecule has 0 atom stereocenters. The number of halogens is 3. The van der Waals surface area contributed by atoms with Gasteiger partial charge in [-0.1, -0.05) is 24.3 Å². The third-order valence-electron chi connectivity index (χ3n) is 2.71. The summed E-state index contributed by atoms with van der Waals surface area (Å²) in [5, 5.41) is 14.3. The highest BCUT2D eigenvalue weighted by Gasteiger charge is 2.33. The highest BCUT2D eigenvalue weighted by molar-refractivity contribution is 5.81. The Balaban J connectivity index is 2.17. The monoisotopic (exact) mass is 309 g/mol. The molecule has 114 valence electrons. The second-order valence-electron chi connectivity index (χ2n) is 4.27. The Bertz CT molecular complexity index is 714. The number of nitro benzene ring substituents is 1. The first-order chi connectivity index (χ1) is 10.4. The molecule has 22 heavy (non-hydrogen) atoms. The van der Waals surface area contributed by atoms with Crippen LogP contribution in [0.15, 0.2) is 53.6 Å². The number of rotatable bonds is 4. The summed E-state index contributed by atoms with van der Waals surface area (Å²) in [6.07, 6.45) is -3.29. The molecule has 1 N–H and O–H groups in total. The molecule has 0 aliphatic carbocycles. The maximum atomic E-state index is 12.8. The zero-order chi connectivity index (χ0) is 16.2. The van der Waals surface area contributed by atoms with Crippen molar-refractivity contribution in [2.45, 2.75) is 6.18 Å². The molecule has 0 spiro atoms. The Labute approximate surface area is 123 Å². The Morgan fingerprint density at radius 3 is 2.55 bits per heavy atom. The molecule has 0 saturated heterocycles. The molecule has 2 rings (SSSR count). The van der Waals surface area contributed by atoms with Gasteiger partial charge in [0.15, 0.2) is 0 Å². The zero-order valence-corrected chi connectivity index (χ0v) is 11.0. The van der Waals surface area contributed by atoms with Gasteiger partial charge < -0.3 is 0 Å². The molecule has 0 heterocycles. The molecule has 2 aromatic carbocycles. The minimum absolute atomic E-state index is 0.125. The van der Waals surface area contributed by atoms with E-state index in [0.717, 1.165) is 6.07 Å². The van der Waals surface area contributed by atoms with Gasteiger partial charge in [-0.2, -0.15) is 18.3 Å². The van der Waals surface area contributed by atoms with Crippen molar-refractivity contribution in [3.8, 4) is 0 Å². The van der Waals surface area contributed by atoms with E-state index in [1.54, 1.807) is 6.07 Å². The van der Waals surface area contributed by atoms with Gasteiger partial charge >= 0.3 is 6.18 Å². The largest absolute Gasteiger partial charge is 0.418 e. The second-order valence-corrected chi connectivity index (χ2v) is 4.27. The minimum Gasteiger partial charge on any atom is -0.278 e. The van der Waals surface area contributed by atoms with Crippen LogP contribution >= 0.6 is 0 Å². The predicted octanol–water partition coefficient (Wildman–Crippen LogP) is 4.06. The van der Waals surface area contributed by atoms with Gasteiger partial charge in [-0.15, -0.1) is 0 Å². The van der Waals surface area contributed by atoms with Gasteiger partial charge in [0.05, 0.1) is 22.4 Å². The van der Waals surface area contributed by atoms with Crippen molar-refractivity contribution in [3.05, 3.63) is 69.8 Å². The lowest BCUT2D eigenvalue weighted by molar-refractivity contribution is -0.384. The molecule has 0 aliphatic heterocycles. The van der Waals surface area contributed by atoms with E-state index in [1.807, 2.05) is 0 Å². The lowest BCUT2D eigenvalue weighted by Crippen LogP contribution is -2.08. The quantitative estimate of drug-likeness (QED) is 0.526. The summed E-state index contributed by atoms with van der Waals surface area (Å²) in [5.41, 5.74) is 1.53. The molecule has 0 radical (unpaired) electrons. The summed E-state index contributed by atoms with van der Waals surface area (Å²) in [4.78, 5) is 10.1. The number of para-hydroxylation sites is 1. The van der Waals surface area contributed by atoms with Crippen LogP contribution in [0.25, 0.3) is 0 Å². The molecule has 0 amide bonds. The van der Waals surface area contributed by atoms with Crippen molar-refractivity contribution in [2.75, 3.05) is 5.43 Å². The van der Waals surface area contributed by atoms with E-state index >= 15 is 0 Å². The number of nitrogens with one attached hydrogen (secondary N) is 1. The van der Waals surface area contributed by atoms with E-state index in [0.29, 0.717) is 5.56 Å². The summed E-state index contributed by atoms with van der Waals surface area (Å²) >= 11 is 0. The highest BCUT2D eigenvalue weighted by Crippen LogP contribution is 2.34. The van der Waals surface area contributed by atoms with Crippen molar-refractivity contribution in [1.82, 2.24) is 0 Å². The van der Waals surface area contributed by atoms with E-state index in [2.05, 4.69) is 10.5 Å². The number of nitro groups is 1. The van der Waals surface area contributed by atoms with Crippen LogP contribution in [0.3, 0.4) is 0 Å². The molecule has 8 heteroatoms. The number of anilines is 1. The van der Waals surface area contributed by atoms with E-state index in [9.17, 15) is 23.3 Å². The number of hydrogen-bond donors (Lipinski definition) is 1. The first-order valence-corrected chi connectivity index (χ1v) is 6.07. The van der Waals surface area contributed by atoms with Crippen molar-refractivity contribution >= 4 is 17.6 Å². The van der Waals surface area contributed by atoms with Crippen molar-refractivity contribution in [1.29, 1.82) is 0 Å². The van der Waals surface area contributed by atoms with Crippen LogP contribution in [0.1, 0.15) is 11.1 Å². The summed E-state index contributed by atoms with van der Waals surface area (Å²) < 4.78 is 38.3. The fourth-order valence-corrected chi connectivity index (χ4v) is 1.72. The summed E-state index contributed by atoms with van der Waals surface area (Å²) in [6, 6.07) is 10.5. The third-order valence-corrected chi connectivity index (χ3v) is 2.71. The Morgan fingerprint density at radius 2 is 1.86 bits per heavy atom. The van der Waals surface area contributed by atoms with E-state index in [4.69, 9.17) is 0 Å². The summed E-state index contributed by atoms with van der Waals surface area (Å²) in [7, 11) is 0. The number of non-ortho nitro benzene ring substituents is 1. The molecule has 0 saturated carbocycles. The van der Waals surface area contributed by atoms with E-state index in [-0.39, 0.29) is 11.4 Å². The van der Waals surface area contributed by atoms with E-state index in [1.165, 1.54) is 42.6 Å². The van der Waals surface area contributed by atoms with Gasteiger partial charge in [-0.05, 0) is 12.1 Å². The first-order valence-electron chi connectivity index (χ1n) is 6.07. The van der Waals surface area contributed by atoms with Gasteiger partial charge in [0.25, 0.3) is 5.69 Å². The van der Waals surface area contributed by atoms with Crippen LogP contribution in [0, 0.1) is 10.1 Å². The smallest absolute Gasteiger partial charge is 0.278 e. The average Bonchev–Trinajstić information content (AvgIpc) is 2.47. The maximum Gasteiger partial charge on any atom is 0.418 e. The van der Waals surface area contributed by atoms with Crippen LogP contribution in [0.4, 0.5) is 24.5 Å². The summed E-state index contributed by atoms with van der Waals surface area (Å²) in [5.74, 6) is 0. The van der Waals surface area contributed by atoms with E-state index < -0.39 is 16.7 Å². The van der Waals surface area contributed by atoms with Gasteiger partial charge in [0, 0.05) is 17.7 Å². The minimum atomic E-state index is -4.50. The lowest BCUT2D eigenvalue weighted by Gasteiger charge is -2.11. The average molecular weight is 309 g/mol. The maximum absolute atomic E-state index is 12.8. The number of benzene rings is 2. The second kappa shape index (κ2) is 6.25. The Kier molecular flexibility index (Phi) is 4.40. The molecular weight excluding hydrogens is 299 g/mol. The number of alkyl halides is 3. The number of nitrogens with zero attached hydrogens (tertiary/aromatic N) is 2. The van der Waals surface area contributed by atoms with Gasteiger partial charge in [0.2, 0.25) is 0 Å². The number of hydrazone groups is 1. The van der Waals surface area contributed by atoms with Crippen LogP contribution in [0.5, 0.6) is 0 Å². The lowest BCUT2D eigenvalue weighted by atomic mass is 10.2. The molecule has 0 aliphatic rings. The molecule has 0 aromatic heterocycles. The molecule has 0 bridgehead atoms. The van der Waals surface area contributed by atoms with Gasteiger partial charge in [-0.3, -0.25) is 15.5 Å². The van der Waals surface area contributed by atoms with Gasteiger partial charge in [0.1, 0.15) is 0 Å². The molecular formula is C14H10F3N3O2. The van der Waals surface area contributed by atoms with Crippen molar-refractivity contribution < 1.29 is 18.1 Å². The Hall–Kier alpha value is -2.90. The highest BCUT2D eigenvalue weighted by atomic mass is 19.4. The van der Waals surface area contributed by atoms with Gasteiger partial charge in [-0.25, -0.2) is 0 Å². The molecule has 5 nitrogen and oxygen atoms in total. The first kappa shape index (κ1) is 15.5. The zero-order valence-electron chi connectivity index (χ0n) is 11.0. The molecule has 0 fully saturated rings. The van der Waals surface area contributed by atoms with Crippen LogP contribution in [-0.2, 0) is 6.18 Å². The third kappa shape index (κ3) is 3.81. The predicted molar refractivity (Wildman–Crippen MR) is 75.8 cm³/mol. The molecule has 0 unspecified atom stereocenters. The normalized spacial score (nSPS) is 11.6. The van der Waals surface area contributed by atoms with Crippen molar-refractivity contribution in [3.63, 3.8) is 0 Å². The Morgan fingerprint density at radius 1 is 1.14 bits per heavy atom. The van der Waals surface area contributed by atoms with Crippen LogP contribution in [-0.4, -0.2) is 11.1 Å². The van der Waals surface area contributed by atoms with Crippen LogP contribution in [0.2, 0.25) is 0 Å². The SMILES string of the molecule is O=[N+]([O-])c1cccc(C=NNc2ccccc2C(F)(F)F)c1.